The number of nitrogens with zero attached hydrogens (tertiary/aromatic N) is 3. The molecule has 0 amide bonds. The third kappa shape index (κ3) is 5.52. The number of pyridine rings is 1. The van der Waals surface area contributed by atoms with Crippen LogP contribution in [0.25, 0.3) is 0 Å². The zero-order valence-corrected chi connectivity index (χ0v) is 16.0. The molecule has 1 aliphatic rings. The summed E-state index contributed by atoms with van der Waals surface area (Å²) in [5.74, 6) is 0.827. The summed E-state index contributed by atoms with van der Waals surface area (Å²) in [6.07, 6.45) is 1.80. The Kier molecular flexibility index (Phi) is 7.42. The Morgan fingerprint density at radius 2 is 2.15 bits per heavy atom. The first-order valence-electron chi connectivity index (χ1n) is 9.14. The number of guanidine groups is 1. The van der Waals surface area contributed by atoms with Crippen LogP contribution in [-0.4, -0.2) is 55.2 Å². The number of thiophene rings is 1. The van der Waals surface area contributed by atoms with Gasteiger partial charge in [-0.1, -0.05) is 12.1 Å². The van der Waals surface area contributed by atoms with E-state index in [0.29, 0.717) is 12.6 Å². The number of nitrogens with one attached hydrogen (secondary N) is 2. The molecule has 0 bridgehead atoms. The van der Waals surface area contributed by atoms with Gasteiger partial charge in [0.25, 0.3) is 0 Å². The SMILES string of the molecule is CCNC(=NCc1ccccn1)NCC(c1cccs1)N1CCOCC1. The minimum atomic E-state index is 0.331. The van der Waals surface area contributed by atoms with Gasteiger partial charge in [-0.05, 0) is 30.5 Å². The second kappa shape index (κ2) is 10.3. The molecule has 2 aromatic heterocycles. The van der Waals surface area contributed by atoms with Crippen molar-refractivity contribution in [3.05, 3.63) is 52.5 Å². The van der Waals surface area contributed by atoms with Gasteiger partial charge < -0.3 is 15.4 Å². The molecule has 0 aliphatic carbocycles. The predicted molar refractivity (Wildman–Crippen MR) is 107 cm³/mol. The highest BCUT2D eigenvalue weighted by Crippen LogP contribution is 2.25. The van der Waals surface area contributed by atoms with Crippen molar-refractivity contribution in [3.63, 3.8) is 0 Å². The number of hydrogen-bond acceptors (Lipinski definition) is 5. The molecular formula is C19H27N5OS. The van der Waals surface area contributed by atoms with Crippen LogP contribution in [0.1, 0.15) is 23.5 Å². The van der Waals surface area contributed by atoms with Crippen molar-refractivity contribution in [1.82, 2.24) is 20.5 Å². The first kappa shape index (κ1) is 18.8. The van der Waals surface area contributed by atoms with Crippen molar-refractivity contribution in [3.8, 4) is 0 Å². The van der Waals surface area contributed by atoms with Crippen LogP contribution in [0.15, 0.2) is 46.9 Å². The van der Waals surface area contributed by atoms with Gasteiger partial charge in [0.15, 0.2) is 5.96 Å². The van der Waals surface area contributed by atoms with E-state index < -0.39 is 0 Å². The second-order valence-corrected chi connectivity index (χ2v) is 7.06. The van der Waals surface area contributed by atoms with Gasteiger partial charge >= 0.3 is 0 Å². The Hall–Kier alpha value is -1.96. The summed E-state index contributed by atoms with van der Waals surface area (Å²) in [7, 11) is 0. The van der Waals surface area contributed by atoms with E-state index in [1.807, 2.05) is 29.5 Å². The molecule has 0 spiro atoms. The topological polar surface area (TPSA) is 61.8 Å². The Bertz CT molecular complexity index is 656. The molecule has 2 aromatic rings. The van der Waals surface area contributed by atoms with Crippen LogP contribution in [0.4, 0.5) is 0 Å². The number of ether oxygens (including phenoxy) is 1. The van der Waals surface area contributed by atoms with Gasteiger partial charge in [-0.25, -0.2) is 4.99 Å². The van der Waals surface area contributed by atoms with Gasteiger partial charge in [0.05, 0.1) is 31.5 Å². The molecular weight excluding hydrogens is 346 g/mol. The molecule has 1 fully saturated rings. The van der Waals surface area contributed by atoms with Crippen molar-refractivity contribution in [2.75, 3.05) is 39.4 Å². The minimum Gasteiger partial charge on any atom is -0.379 e. The smallest absolute Gasteiger partial charge is 0.191 e. The average Bonchev–Trinajstić information content (AvgIpc) is 3.22. The molecule has 140 valence electrons. The Morgan fingerprint density at radius 1 is 1.27 bits per heavy atom. The number of morpholine rings is 1. The van der Waals surface area contributed by atoms with Crippen LogP contribution in [-0.2, 0) is 11.3 Å². The molecule has 1 saturated heterocycles. The molecule has 3 heterocycles. The van der Waals surface area contributed by atoms with Crippen LogP contribution in [0.5, 0.6) is 0 Å². The maximum absolute atomic E-state index is 5.52. The van der Waals surface area contributed by atoms with Gasteiger partial charge in [-0.3, -0.25) is 9.88 Å². The third-order valence-electron chi connectivity index (χ3n) is 4.29. The van der Waals surface area contributed by atoms with E-state index in [0.717, 1.165) is 51.0 Å². The van der Waals surface area contributed by atoms with Crippen molar-refractivity contribution in [1.29, 1.82) is 0 Å². The fraction of sp³-hybridized carbons (Fsp3) is 0.474. The van der Waals surface area contributed by atoms with E-state index in [9.17, 15) is 0 Å². The second-order valence-electron chi connectivity index (χ2n) is 6.08. The third-order valence-corrected chi connectivity index (χ3v) is 5.26. The van der Waals surface area contributed by atoms with Crippen LogP contribution >= 0.6 is 11.3 Å². The zero-order valence-electron chi connectivity index (χ0n) is 15.2. The van der Waals surface area contributed by atoms with Crippen molar-refractivity contribution < 1.29 is 4.74 Å². The normalized spacial score (nSPS) is 17.0. The highest BCUT2D eigenvalue weighted by Gasteiger charge is 2.23. The average molecular weight is 374 g/mol. The molecule has 1 atom stereocenters. The summed E-state index contributed by atoms with van der Waals surface area (Å²) in [5.41, 5.74) is 0.965. The van der Waals surface area contributed by atoms with E-state index in [4.69, 9.17) is 4.74 Å². The molecule has 3 rings (SSSR count). The van der Waals surface area contributed by atoms with Crippen molar-refractivity contribution >= 4 is 17.3 Å². The summed E-state index contributed by atoms with van der Waals surface area (Å²) in [6, 6.07) is 10.6. The standard InChI is InChI=1S/C19H27N5OS/c1-2-20-19(22-14-16-6-3-4-8-21-16)23-15-17(18-7-5-13-26-18)24-9-11-25-12-10-24/h3-8,13,17H,2,9-12,14-15H2,1H3,(H2,20,22,23). The molecule has 6 nitrogen and oxygen atoms in total. The molecule has 0 aromatic carbocycles. The molecule has 0 radical (unpaired) electrons. The lowest BCUT2D eigenvalue weighted by atomic mass is 10.2. The lowest BCUT2D eigenvalue weighted by Gasteiger charge is -2.34. The van der Waals surface area contributed by atoms with Gasteiger partial charge in [0.2, 0.25) is 0 Å². The van der Waals surface area contributed by atoms with Crippen molar-refractivity contribution in [2.45, 2.75) is 19.5 Å². The fourth-order valence-corrected chi connectivity index (χ4v) is 3.83. The van der Waals surface area contributed by atoms with E-state index in [2.05, 4.69) is 49.9 Å². The largest absolute Gasteiger partial charge is 0.379 e. The highest BCUT2D eigenvalue weighted by atomic mass is 32.1. The summed E-state index contributed by atoms with van der Waals surface area (Å²) < 4.78 is 5.52. The van der Waals surface area contributed by atoms with Crippen molar-refractivity contribution in [2.24, 2.45) is 4.99 Å². The molecule has 0 saturated carbocycles. The van der Waals surface area contributed by atoms with Gasteiger partial charge in [0, 0.05) is 37.3 Å². The van der Waals surface area contributed by atoms with Crippen LogP contribution < -0.4 is 10.6 Å². The molecule has 26 heavy (non-hydrogen) atoms. The Labute approximate surface area is 159 Å². The molecule has 7 heteroatoms. The first-order valence-corrected chi connectivity index (χ1v) is 10.0. The summed E-state index contributed by atoms with van der Waals surface area (Å²) in [5, 5.41) is 8.98. The zero-order chi connectivity index (χ0) is 18.0. The van der Waals surface area contributed by atoms with Crippen LogP contribution in [0.2, 0.25) is 0 Å². The molecule has 2 N–H and O–H groups in total. The van der Waals surface area contributed by atoms with Gasteiger partial charge in [-0.15, -0.1) is 11.3 Å². The first-order chi connectivity index (χ1) is 12.9. The maximum Gasteiger partial charge on any atom is 0.191 e. The lowest BCUT2D eigenvalue weighted by Crippen LogP contribution is -2.46. The number of hydrogen-bond donors (Lipinski definition) is 2. The lowest BCUT2D eigenvalue weighted by molar-refractivity contribution is 0.0177. The highest BCUT2D eigenvalue weighted by molar-refractivity contribution is 7.10. The predicted octanol–water partition coefficient (Wildman–Crippen LogP) is 2.27. The number of aliphatic imine (C=N–C) groups is 1. The minimum absolute atomic E-state index is 0.331. The maximum atomic E-state index is 5.52. The van der Waals surface area contributed by atoms with Crippen LogP contribution in [0.3, 0.4) is 0 Å². The Morgan fingerprint density at radius 3 is 2.85 bits per heavy atom. The van der Waals surface area contributed by atoms with E-state index in [1.54, 1.807) is 6.20 Å². The summed E-state index contributed by atoms with van der Waals surface area (Å²) >= 11 is 1.81. The fourth-order valence-electron chi connectivity index (χ4n) is 2.97. The van der Waals surface area contributed by atoms with Gasteiger partial charge in [0.1, 0.15) is 0 Å². The monoisotopic (exact) mass is 373 g/mol. The number of aromatic nitrogens is 1. The van der Waals surface area contributed by atoms with Gasteiger partial charge in [-0.2, -0.15) is 0 Å². The summed E-state index contributed by atoms with van der Waals surface area (Å²) in [6.45, 7) is 7.82. The molecule has 1 unspecified atom stereocenters. The van der Waals surface area contributed by atoms with E-state index >= 15 is 0 Å². The van der Waals surface area contributed by atoms with E-state index in [-0.39, 0.29) is 0 Å². The number of rotatable bonds is 7. The van der Waals surface area contributed by atoms with Crippen LogP contribution in [0, 0.1) is 0 Å². The van der Waals surface area contributed by atoms with E-state index in [1.165, 1.54) is 4.88 Å². The quantitative estimate of drug-likeness (QED) is 0.576. The molecule has 1 aliphatic heterocycles. The summed E-state index contributed by atoms with van der Waals surface area (Å²) in [4.78, 5) is 12.9. The Balaban J connectivity index is 1.64.